The topological polar surface area (TPSA) is 44.8 Å². The lowest BCUT2D eigenvalue weighted by Crippen LogP contribution is -2.52. The average Bonchev–Trinajstić information content (AvgIpc) is 2.30. The van der Waals surface area contributed by atoms with Crippen molar-refractivity contribution in [2.45, 2.75) is 13.8 Å². The quantitative estimate of drug-likeness (QED) is 0.693. The van der Waals surface area contributed by atoms with Gasteiger partial charge in [-0.3, -0.25) is 4.90 Å². The van der Waals surface area contributed by atoms with Gasteiger partial charge in [0.25, 0.3) is 0 Å². The minimum Gasteiger partial charge on any atom is -0.380 e. The van der Waals surface area contributed by atoms with Gasteiger partial charge in [0.1, 0.15) is 0 Å². The number of carbonyl (C=O) groups is 1. The van der Waals surface area contributed by atoms with E-state index in [0.29, 0.717) is 6.54 Å². The fraction of sp³-hybridized carbons (Fsp3) is 0.909. The average molecular weight is 229 g/mol. The SMILES string of the molecule is CCNC(=O)N1CCN(CCOCC)CC1. The summed E-state index contributed by atoms with van der Waals surface area (Å²) in [7, 11) is 0. The van der Waals surface area contributed by atoms with Gasteiger partial charge < -0.3 is 15.0 Å². The lowest BCUT2D eigenvalue weighted by Gasteiger charge is -2.34. The van der Waals surface area contributed by atoms with E-state index >= 15 is 0 Å². The Balaban J connectivity index is 2.15. The molecule has 1 N–H and O–H groups in total. The molecule has 0 bridgehead atoms. The van der Waals surface area contributed by atoms with Crippen molar-refractivity contribution >= 4 is 6.03 Å². The molecule has 16 heavy (non-hydrogen) atoms. The first-order valence-corrected chi connectivity index (χ1v) is 6.10. The van der Waals surface area contributed by atoms with Crippen LogP contribution in [0.4, 0.5) is 4.79 Å². The number of carbonyl (C=O) groups excluding carboxylic acids is 1. The largest absolute Gasteiger partial charge is 0.380 e. The molecule has 1 aliphatic rings. The molecule has 0 aliphatic carbocycles. The second kappa shape index (κ2) is 7.46. The smallest absolute Gasteiger partial charge is 0.317 e. The van der Waals surface area contributed by atoms with E-state index in [2.05, 4.69) is 10.2 Å². The molecule has 1 rings (SSSR count). The molecule has 0 atom stereocenters. The van der Waals surface area contributed by atoms with E-state index in [4.69, 9.17) is 4.74 Å². The first-order chi connectivity index (χ1) is 7.77. The molecule has 1 aliphatic heterocycles. The molecule has 5 nitrogen and oxygen atoms in total. The number of nitrogens with one attached hydrogen (secondary N) is 1. The fourth-order valence-corrected chi connectivity index (χ4v) is 1.78. The summed E-state index contributed by atoms with van der Waals surface area (Å²) in [6, 6.07) is 0.0620. The number of rotatable bonds is 5. The van der Waals surface area contributed by atoms with Crippen molar-refractivity contribution in [3.8, 4) is 0 Å². The molecular formula is C11H23N3O2. The van der Waals surface area contributed by atoms with Gasteiger partial charge in [0, 0.05) is 45.9 Å². The number of hydrogen-bond donors (Lipinski definition) is 1. The van der Waals surface area contributed by atoms with Crippen LogP contribution >= 0.6 is 0 Å². The highest BCUT2D eigenvalue weighted by Gasteiger charge is 2.19. The van der Waals surface area contributed by atoms with Crippen molar-refractivity contribution in [3.05, 3.63) is 0 Å². The van der Waals surface area contributed by atoms with E-state index in [0.717, 1.165) is 45.9 Å². The normalized spacial score (nSPS) is 17.5. The first kappa shape index (κ1) is 13.3. The number of urea groups is 1. The maximum Gasteiger partial charge on any atom is 0.317 e. The number of amides is 2. The van der Waals surface area contributed by atoms with E-state index < -0.39 is 0 Å². The Morgan fingerprint density at radius 3 is 2.50 bits per heavy atom. The summed E-state index contributed by atoms with van der Waals surface area (Å²) in [4.78, 5) is 15.8. The first-order valence-electron chi connectivity index (χ1n) is 6.10. The van der Waals surface area contributed by atoms with Gasteiger partial charge in [0.15, 0.2) is 0 Å². The highest BCUT2D eigenvalue weighted by molar-refractivity contribution is 5.74. The number of nitrogens with zero attached hydrogens (tertiary/aromatic N) is 2. The molecule has 1 fully saturated rings. The number of hydrogen-bond acceptors (Lipinski definition) is 3. The zero-order valence-electron chi connectivity index (χ0n) is 10.4. The van der Waals surface area contributed by atoms with Crippen molar-refractivity contribution in [1.82, 2.24) is 15.1 Å². The molecule has 5 heteroatoms. The second-order valence-electron chi connectivity index (χ2n) is 3.86. The molecule has 1 heterocycles. The lowest BCUT2D eigenvalue weighted by molar-refractivity contribution is 0.0882. The predicted octanol–water partition coefficient (Wildman–Crippen LogP) is 0.370. The van der Waals surface area contributed by atoms with Crippen LogP contribution in [0.1, 0.15) is 13.8 Å². The van der Waals surface area contributed by atoms with Crippen molar-refractivity contribution in [2.75, 3.05) is 52.5 Å². The van der Waals surface area contributed by atoms with Crippen molar-refractivity contribution in [2.24, 2.45) is 0 Å². The molecule has 0 saturated carbocycles. The monoisotopic (exact) mass is 229 g/mol. The van der Waals surface area contributed by atoms with Crippen molar-refractivity contribution in [3.63, 3.8) is 0 Å². The Morgan fingerprint density at radius 2 is 1.94 bits per heavy atom. The van der Waals surface area contributed by atoms with E-state index in [1.807, 2.05) is 18.7 Å². The van der Waals surface area contributed by atoms with E-state index in [-0.39, 0.29) is 6.03 Å². The van der Waals surface area contributed by atoms with Gasteiger partial charge >= 0.3 is 6.03 Å². The van der Waals surface area contributed by atoms with Gasteiger partial charge in [-0.25, -0.2) is 4.79 Å². The lowest BCUT2D eigenvalue weighted by atomic mass is 10.3. The predicted molar refractivity (Wildman–Crippen MR) is 63.6 cm³/mol. The summed E-state index contributed by atoms with van der Waals surface area (Å²) in [5, 5.41) is 2.83. The third kappa shape index (κ3) is 4.37. The summed E-state index contributed by atoms with van der Waals surface area (Å²) in [5.74, 6) is 0. The maximum atomic E-state index is 11.5. The van der Waals surface area contributed by atoms with Gasteiger partial charge in [-0.1, -0.05) is 0 Å². The van der Waals surface area contributed by atoms with Crippen LogP contribution in [0.15, 0.2) is 0 Å². The van der Waals surface area contributed by atoms with Crippen LogP contribution in [0, 0.1) is 0 Å². The van der Waals surface area contributed by atoms with E-state index in [1.165, 1.54) is 0 Å². The Morgan fingerprint density at radius 1 is 1.25 bits per heavy atom. The van der Waals surface area contributed by atoms with Crippen LogP contribution in [0.5, 0.6) is 0 Å². The standard InChI is InChI=1S/C11H23N3O2/c1-3-12-11(15)14-7-5-13(6-8-14)9-10-16-4-2/h3-10H2,1-2H3,(H,12,15). The maximum absolute atomic E-state index is 11.5. The minimum atomic E-state index is 0.0620. The van der Waals surface area contributed by atoms with Crippen LogP contribution in [-0.2, 0) is 4.74 Å². The van der Waals surface area contributed by atoms with Gasteiger partial charge in [0.2, 0.25) is 0 Å². The fourth-order valence-electron chi connectivity index (χ4n) is 1.78. The Labute approximate surface area is 97.7 Å². The molecular weight excluding hydrogens is 206 g/mol. The Kier molecular flexibility index (Phi) is 6.18. The van der Waals surface area contributed by atoms with Gasteiger partial charge in [-0.05, 0) is 13.8 Å². The van der Waals surface area contributed by atoms with E-state index in [1.54, 1.807) is 0 Å². The Bertz CT molecular complexity index is 203. The second-order valence-corrected chi connectivity index (χ2v) is 3.86. The third-order valence-electron chi connectivity index (χ3n) is 2.74. The highest BCUT2D eigenvalue weighted by Crippen LogP contribution is 2.01. The van der Waals surface area contributed by atoms with Crippen molar-refractivity contribution < 1.29 is 9.53 Å². The zero-order chi connectivity index (χ0) is 11.8. The van der Waals surface area contributed by atoms with Gasteiger partial charge in [-0.15, -0.1) is 0 Å². The molecule has 2 amide bonds. The highest BCUT2D eigenvalue weighted by atomic mass is 16.5. The molecule has 0 unspecified atom stereocenters. The molecule has 0 aromatic heterocycles. The van der Waals surface area contributed by atoms with Crippen LogP contribution in [0.25, 0.3) is 0 Å². The molecule has 0 radical (unpaired) electrons. The zero-order valence-corrected chi connectivity index (χ0v) is 10.4. The van der Waals surface area contributed by atoms with Crippen molar-refractivity contribution in [1.29, 1.82) is 0 Å². The Hall–Kier alpha value is -0.810. The molecule has 0 aromatic carbocycles. The number of piperazine rings is 1. The van der Waals surface area contributed by atoms with Gasteiger partial charge in [0.05, 0.1) is 6.61 Å². The number of ether oxygens (including phenoxy) is 1. The molecule has 0 aromatic rings. The van der Waals surface area contributed by atoms with Crippen LogP contribution in [-0.4, -0.2) is 68.3 Å². The summed E-state index contributed by atoms with van der Waals surface area (Å²) in [6.45, 7) is 10.7. The third-order valence-corrected chi connectivity index (χ3v) is 2.74. The van der Waals surface area contributed by atoms with Crippen LogP contribution in [0.3, 0.4) is 0 Å². The molecule has 0 spiro atoms. The minimum absolute atomic E-state index is 0.0620. The molecule has 94 valence electrons. The summed E-state index contributed by atoms with van der Waals surface area (Å²) in [5.41, 5.74) is 0. The molecule has 1 saturated heterocycles. The summed E-state index contributed by atoms with van der Waals surface area (Å²) >= 11 is 0. The van der Waals surface area contributed by atoms with E-state index in [9.17, 15) is 4.79 Å². The van der Waals surface area contributed by atoms with Gasteiger partial charge in [-0.2, -0.15) is 0 Å². The van der Waals surface area contributed by atoms with Crippen LogP contribution in [0.2, 0.25) is 0 Å². The summed E-state index contributed by atoms with van der Waals surface area (Å²) in [6.07, 6.45) is 0. The summed E-state index contributed by atoms with van der Waals surface area (Å²) < 4.78 is 5.31. The van der Waals surface area contributed by atoms with Crippen LogP contribution < -0.4 is 5.32 Å².